The first kappa shape index (κ1) is 25.0. The standard InChI is InChI=1S/C25H26F3N3O3/c1-17-22(18(2)31(29-17)21-11-7-10-20(14-21)25(26,27)28)15-23(32)30(13-12-24(33)34-3)16-19-8-5-4-6-9-19/h4-11,14H,12-13,15-16H2,1-3H3. The number of nitrogens with zero attached hydrogens (tertiary/aromatic N) is 3. The number of alkyl halides is 3. The zero-order valence-corrected chi connectivity index (χ0v) is 19.2. The number of methoxy groups -OCH3 is 1. The molecule has 0 saturated heterocycles. The number of amides is 1. The molecule has 0 aliphatic carbocycles. The molecule has 0 aliphatic rings. The highest BCUT2D eigenvalue weighted by molar-refractivity contribution is 5.80. The molecule has 0 atom stereocenters. The largest absolute Gasteiger partial charge is 0.469 e. The maximum absolute atomic E-state index is 13.2. The zero-order chi connectivity index (χ0) is 24.9. The highest BCUT2D eigenvalue weighted by Gasteiger charge is 2.31. The van der Waals surface area contributed by atoms with Crippen LogP contribution in [-0.4, -0.2) is 40.2 Å². The third kappa shape index (κ3) is 6.03. The molecule has 0 saturated carbocycles. The van der Waals surface area contributed by atoms with Gasteiger partial charge in [-0.3, -0.25) is 9.59 Å². The van der Waals surface area contributed by atoms with Crippen LogP contribution in [0.25, 0.3) is 5.69 Å². The average molecular weight is 473 g/mol. The Morgan fingerprint density at radius 2 is 1.76 bits per heavy atom. The van der Waals surface area contributed by atoms with Crippen LogP contribution in [0.15, 0.2) is 54.6 Å². The average Bonchev–Trinajstić information content (AvgIpc) is 3.10. The molecule has 3 rings (SSSR count). The highest BCUT2D eigenvalue weighted by Crippen LogP contribution is 2.31. The molecule has 2 aromatic carbocycles. The van der Waals surface area contributed by atoms with E-state index in [0.29, 0.717) is 23.5 Å². The molecule has 9 heteroatoms. The summed E-state index contributed by atoms with van der Waals surface area (Å²) >= 11 is 0. The van der Waals surface area contributed by atoms with Crippen LogP contribution in [0.4, 0.5) is 13.2 Å². The fourth-order valence-electron chi connectivity index (χ4n) is 3.68. The Kier molecular flexibility index (Phi) is 7.75. The summed E-state index contributed by atoms with van der Waals surface area (Å²) in [4.78, 5) is 26.5. The Morgan fingerprint density at radius 1 is 1.06 bits per heavy atom. The van der Waals surface area contributed by atoms with Gasteiger partial charge in [0.2, 0.25) is 5.91 Å². The molecule has 0 spiro atoms. The van der Waals surface area contributed by atoms with E-state index in [1.54, 1.807) is 24.8 Å². The summed E-state index contributed by atoms with van der Waals surface area (Å²) in [5.41, 5.74) is 2.18. The van der Waals surface area contributed by atoms with Crippen molar-refractivity contribution < 1.29 is 27.5 Å². The van der Waals surface area contributed by atoms with Crippen molar-refractivity contribution >= 4 is 11.9 Å². The molecular weight excluding hydrogens is 447 g/mol. The van der Waals surface area contributed by atoms with E-state index in [1.165, 1.54) is 17.9 Å². The van der Waals surface area contributed by atoms with E-state index in [9.17, 15) is 22.8 Å². The predicted octanol–water partition coefficient (Wildman–Crippen LogP) is 4.64. The Labute approximate surface area is 195 Å². The zero-order valence-electron chi connectivity index (χ0n) is 19.2. The highest BCUT2D eigenvalue weighted by atomic mass is 19.4. The number of esters is 1. The lowest BCUT2D eigenvalue weighted by molar-refractivity contribution is -0.142. The molecule has 1 amide bonds. The molecule has 1 aromatic heterocycles. The van der Waals surface area contributed by atoms with Gasteiger partial charge in [-0.25, -0.2) is 4.68 Å². The number of halogens is 3. The molecule has 0 unspecified atom stereocenters. The van der Waals surface area contributed by atoms with Crippen molar-refractivity contribution in [2.45, 2.75) is 39.4 Å². The second-order valence-corrected chi connectivity index (χ2v) is 7.91. The maximum Gasteiger partial charge on any atom is 0.416 e. The second-order valence-electron chi connectivity index (χ2n) is 7.91. The lowest BCUT2D eigenvalue weighted by Gasteiger charge is -2.23. The van der Waals surface area contributed by atoms with Crippen molar-refractivity contribution in [3.63, 3.8) is 0 Å². The SMILES string of the molecule is COC(=O)CCN(Cc1ccccc1)C(=O)Cc1c(C)nn(-c2cccc(C(F)(F)F)c2)c1C. The van der Waals surface area contributed by atoms with Crippen LogP contribution in [0.5, 0.6) is 0 Å². The Hall–Kier alpha value is -3.62. The Morgan fingerprint density at radius 3 is 2.41 bits per heavy atom. The van der Waals surface area contributed by atoms with E-state index >= 15 is 0 Å². The minimum atomic E-state index is -4.47. The first-order valence-corrected chi connectivity index (χ1v) is 10.7. The van der Waals surface area contributed by atoms with Gasteiger partial charge < -0.3 is 9.64 Å². The van der Waals surface area contributed by atoms with Crippen molar-refractivity contribution in [3.05, 3.63) is 82.7 Å². The van der Waals surface area contributed by atoms with Crippen molar-refractivity contribution in [2.24, 2.45) is 0 Å². The van der Waals surface area contributed by atoms with E-state index in [4.69, 9.17) is 4.74 Å². The number of carbonyl (C=O) groups excluding carboxylic acids is 2. The molecule has 0 bridgehead atoms. The van der Waals surface area contributed by atoms with E-state index in [0.717, 1.165) is 17.7 Å². The van der Waals surface area contributed by atoms with Gasteiger partial charge in [-0.05, 0) is 37.6 Å². The number of aryl methyl sites for hydroxylation is 1. The van der Waals surface area contributed by atoms with E-state index in [2.05, 4.69) is 5.10 Å². The van der Waals surface area contributed by atoms with Gasteiger partial charge in [0.25, 0.3) is 0 Å². The molecule has 180 valence electrons. The number of hydrogen-bond acceptors (Lipinski definition) is 4. The minimum Gasteiger partial charge on any atom is -0.469 e. The van der Waals surface area contributed by atoms with Gasteiger partial charge in [-0.2, -0.15) is 18.3 Å². The van der Waals surface area contributed by atoms with Gasteiger partial charge in [0.1, 0.15) is 0 Å². The molecule has 0 N–H and O–H groups in total. The van der Waals surface area contributed by atoms with Crippen molar-refractivity contribution in [3.8, 4) is 5.69 Å². The van der Waals surface area contributed by atoms with Crippen LogP contribution in [0.3, 0.4) is 0 Å². The summed E-state index contributed by atoms with van der Waals surface area (Å²) in [7, 11) is 1.29. The molecule has 1 heterocycles. The van der Waals surface area contributed by atoms with Crippen LogP contribution >= 0.6 is 0 Å². The lowest BCUT2D eigenvalue weighted by Crippen LogP contribution is -2.34. The first-order chi connectivity index (χ1) is 16.1. The molecular formula is C25H26F3N3O3. The van der Waals surface area contributed by atoms with Crippen LogP contribution in [0, 0.1) is 13.8 Å². The number of hydrogen-bond donors (Lipinski definition) is 0. The smallest absolute Gasteiger partial charge is 0.416 e. The number of aromatic nitrogens is 2. The van der Waals surface area contributed by atoms with E-state index < -0.39 is 17.7 Å². The maximum atomic E-state index is 13.2. The summed E-state index contributed by atoms with van der Waals surface area (Å²) in [5, 5.41) is 4.39. The van der Waals surface area contributed by atoms with Crippen molar-refractivity contribution in [1.82, 2.24) is 14.7 Å². The normalized spacial score (nSPS) is 11.4. The molecule has 0 fully saturated rings. The molecule has 34 heavy (non-hydrogen) atoms. The Balaban J connectivity index is 1.85. The second kappa shape index (κ2) is 10.5. The summed E-state index contributed by atoms with van der Waals surface area (Å²) in [6, 6.07) is 14.3. The number of carbonyl (C=O) groups is 2. The number of ether oxygens (including phenoxy) is 1. The van der Waals surface area contributed by atoms with Crippen LogP contribution in [0.2, 0.25) is 0 Å². The first-order valence-electron chi connectivity index (χ1n) is 10.7. The fourth-order valence-corrected chi connectivity index (χ4v) is 3.68. The van der Waals surface area contributed by atoms with Gasteiger partial charge in [-0.15, -0.1) is 0 Å². The van der Waals surface area contributed by atoms with Crippen molar-refractivity contribution in [2.75, 3.05) is 13.7 Å². The predicted molar refractivity (Wildman–Crippen MR) is 120 cm³/mol. The number of benzene rings is 2. The van der Waals surface area contributed by atoms with Crippen LogP contribution < -0.4 is 0 Å². The molecule has 3 aromatic rings. The van der Waals surface area contributed by atoms with Crippen LogP contribution in [0.1, 0.15) is 34.5 Å². The van der Waals surface area contributed by atoms with E-state index in [-0.39, 0.29) is 31.0 Å². The third-order valence-corrected chi connectivity index (χ3v) is 5.57. The third-order valence-electron chi connectivity index (χ3n) is 5.57. The van der Waals surface area contributed by atoms with Gasteiger partial charge in [0, 0.05) is 24.3 Å². The Bertz CT molecular complexity index is 1160. The van der Waals surface area contributed by atoms with E-state index in [1.807, 2.05) is 30.3 Å². The summed E-state index contributed by atoms with van der Waals surface area (Å²) in [6.07, 6.45) is -4.41. The van der Waals surface area contributed by atoms with Crippen molar-refractivity contribution in [1.29, 1.82) is 0 Å². The van der Waals surface area contributed by atoms with Crippen LogP contribution in [-0.2, 0) is 33.5 Å². The number of rotatable bonds is 8. The fraction of sp³-hybridized carbons (Fsp3) is 0.320. The lowest BCUT2D eigenvalue weighted by atomic mass is 10.1. The van der Waals surface area contributed by atoms with Gasteiger partial charge in [-0.1, -0.05) is 36.4 Å². The quantitative estimate of drug-likeness (QED) is 0.447. The molecule has 0 aliphatic heterocycles. The van der Waals surface area contributed by atoms with Gasteiger partial charge >= 0.3 is 12.1 Å². The van der Waals surface area contributed by atoms with Gasteiger partial charge in [0.15, 0.2) is 0 Å². The monoisotopic (exact) mass is 473 g/mol. The summed E-state index contributed by atoms with van der Waals surface area (Å²) in [6.45, 7) is 3.94. The van der Waals surface area contributed by atoms with Gasteiger partial charge in [0.05, 0.1) is 36.9 Å². The molecule has 0 radical (unpaired) electrons. The molecule has 6 nitrogen and oxygen atoms in total. The topological polar surface area (TPSA) is 64.4 Å². The minimum absolute atomic E-state index is 0.00460. The summed E-state index contributed by atoms with van der Waals surface area (Å²) < 4.78 is 45.6. The summed E-state index contributed by atoms with van der Waals surface area (Å²) in [5.74, 6) is -0.641.